The van der Waals surface area contributed by atoms with Gasteiger partial charge in [0, 0.05) is 19.3 Å². The second-order valence-corrected chi connectivity index (χ2v) is 21.3. The van der Waals surface area contributed by atoms with Crippen LogP contribution < -0.4 is 0 Å². The monoisotopic (exact) mass is 985 g/mol. The summed E-state index contributed by atoms with van der Waals surface area (Å²) in [5, 5.41) is 0. The number of esters is 3. The summed E-state index contributed by atoms with van der Waals surface area (Å²) in [7, 11) is 0. The number of hydrogen-bond acceptors (Lipinski definition) is 6. The molecule has 0 aliphatic carbocycles. The van der Waals surface area contributed by atoms with Crippen LogP contribution in [0, 0.1) is 0 Å². The van der Waals surface area contributed by atoms with Crippen LogP contribution in [0.4, 0.5) is 0 Å². The molecule has 0 rings (SSSR count). The minimum absolute atomic E-state index is 0.0673. The Kier molecular flexibility index (Phi) is 57.7. The van der Waals surface area contributed by atoms with E-state index >= 15 is 0 Å². The zero-order chi connectivity index (χ0) is 50.7. The number of hydrogen-bond donors (Lipinski definition) is 0. The molecule has 0 aromatic rings. The Labute approximate surface area is 436 Å². The lowest BCUT2D eigenvalue weighted by molar-refractivity contribution is -0.167. The molecule has 0 N–H and O–H groups in total. The number of ether oxygens (including phenoxy) is 3. The molecule has 0 saturated heterocycles. The average Bonchev–Trinajstić information content (AvgIpc) is 3.36. The number of unbranched alkanes of at least 4 members (excludes halogenated alkanes) is 43. The van der Waals surface area contributed by atoms with E-state index in [0.29, 0.717) is 19.3 Å². The van der Waals surface area contributed by atoms with E-state index in [-0.39, 0.29) is 31.1 Å². The van der Waals surface area contributed by atoms with Crippen molar-refractivity contribution in [2.24, 2.45) is 0 Å². The molecule has 0 aromatic carbocycles. The smallest absolute Gasteiger partial charge is 0.306 e. The van der Waals surface area contributed by atoms with Gasteiger partial charge in [0.25, 0.3) is 0 Å². The fraction of sp³-hybridized carbons (Fsp3) is 0.891. The molecule has 6 nitrogen and oxygen atoms in total. The molecule has 0 aromatic heterocycles. The summed E-state index contributed by atoms with van der Waals surface area (Å²) in [6.45, 7) is 6.67. The largest absolute Gasteiger partial charge is 0.462 e. The van der Waals surface area contributed by atoms with Crippen molar-refractivity contribution in [1.82, 2.24) is 0 Å². The molecule has 0 amide bonds. The molecule has 0 aliphatic rings. The Bertz CT molecular complexity index is 1130. The van der Waals surface area contributed by atoms with Crippen molar-refractivity contribution in [2.45, 2.75) is 354 Å². The molecule has 6 heteroatoms. The summed E-state index contributed by atoms with van der Waals surface area (Å²) in [4.78, 5) is 38.1. The maximum atomic E-state index is 12.9. The van der Waals surface area contributed by atoms with Crippen LogP contribution >= 0.6 is 0 Å². The highest BCUT2D eigenvalue weighted by Gasteiger charge is 2.19. The third kappa shape index (κ3) is 56.8. The van der Waals surface area contributed by atoms with Gasteiger partial charge in [-0.1, -0.05) is 302 Å². The topological polar surface area (TPSA) is 78.9 Å². The number of carbonyl (C=O) groups excluding carboxylic acids is 3. The minimum atomic E-state index is -0.768. The standard InChI is InChI=1S/C64H120O6/c1-4-7-10-13-16-19-21-23-25-27-29-31-33-34-36-38-40-42-45-48-51-54-57-63(66)69-60-61(59-68-62(65)56-53-50-47-44-18-15-12-9-6-3)70-64(67)58-55-52-49-46-43-41-39-37-35-32-30-28-26-24-22-20-17-14-11-8-5-2/h22,24,28,30,61H,4-21,23,25-27,29,31-60H2,1-3H3/b24-22-,30-28-. The number of allylic oxidation sites excluding steroid dienone is 4. The van der Waals surface area contributed by atoms with E-state index in [9.17, 15) is 14.4 Å². The maximum Gasteiger partial charge on any atom is 0.306 e. The van der Waals surface area contributed by atoms with Crippen LogP contribution in [0.1, 0.15) is 348 Å². The fourth-order valence-corrected chi connectivity index (χ4v) is 9.48. The Morgan fingerprint density at radius 3 is 0.786 bits per heavy atom. The van der Waals surface area contributed by atoms with Gasteiger partial charge in [0.2, 0.25) is 0 Å². The molecule has 0 bridgehead atoms. The summed E-state index contributed by atoms with van der Waals surface area (Å²) < 4.78 is 16.9. The summed E-state index contributed by atoms with van der Waals surface area (Å²) in [5.41, 5.74) is 0. The van der Waals surface area contributed by atoms with Crippen LogP contribution in [0.2, 0.25) is 0 Å². The van der Waals surface area contributed by atoms with Gasteiger partial charge in [-0.3, -0.25) is 14.4 Å². The molecular formula is C64H120O6. The maximum absolute atomic E-state index is 12.9. The van der Waals surface area contributed by atoms with Gasteiger partial charge in [0.15, 0.2) is 6.10 Å². The molecule has 0 spiro atoms. The van der Waals surface area contributed by atoms with Crippen molar-refractivity contribution in [1.29, 1.82) is 0 Å². The van der Waals surface area contributed by atoms with Gasteiger partial charge < -0.3 is 14.2 Å². The zero-order valence-corrected chi connectivity index (χ0v) is 47.3. The summed E-state index contributed by atoms with van der Waals surface area (Å²) >= 11 is 0. The van der Waals surface area contributed by atoms with E-state index in [1.807, 2.05) is 0 Å². The average molecular weight is 986 g/mol. The SMILES string of the molecule is CCCCCCC/C=C\C/C=C\CCCCCCCCCCCC(=O)OC(COC(=O)CCCCCCCCCCC)COC(=O)CCCCCCCCCCCCCCCCCCCCCCCC. The van der Waals surface area contributed by atoms with Gasteiger partial charge in [-0.2, -0.15) is 0 Å². The fourth-order valence-electron chi connectivity index (χ4n) is 9.48. The molecular weight excluding hydrogens is 865 g/mol. The highest BCUT2D eigenvalue weighted by molar-refractivity contribution is 5.71. The predicted octanol–water partition coefficient (Wildman–Crippen LogP) is 21.1. The van der Waals surface area contributed by atoms with Crippen LogP contribution in [-0.2, 0) is 28.6 Å². The lowest BCUT2D eigenvalue weighted by atomic mass is 10.0. The Hall–Kier alpha value is -2.11. The zero-order valence-electron chi connectivity index (χ0n) is 47.3. The first-order valence-electron chi connectivity index (χ1n) is 31.3. The molecule has 1 atom stereocenters. The first kappa shape index (κ1) is 67.9. The second-order valence-electron chi connectivity index (χ2n) is 21.3. The lowest BCUT2D eigenvalue weighted by Gasteiger charge is -2.18. The van der Waals surface area contributed by atoms with Gasteiger partial charge in [-0.15, -0.1) is 0 Å². The van der Waals surface area contributed by atoms with E-state index in [1.165, 1.54) is 244 Å². The third-order valence-corrected chi connectivity index (χ3v) is 14.2. The third-order valence-electron chi connectivity index (χ3n) is 14.2. The number of carbonyl (C=O) groups is 3. The minimum Gasteiger partial charge on any atom is -0.462 e. The normalized spacial score (nSPS) is 12.1. The van der Waals surface area contributed by atoms with Gasteiger partial charge in [0.1, 0.15) is 13.2 Å². The summed E-state index contributed by atoms with van der Waals surface area (Å²) in [6.07, 6.45) is 70.5. The van der Waals surface area contributed by atoms with E-state index in [1.54, 1.807) is 0 Å². The van der Waals surface area contributed by atoms with E-state index in [2.05, 4.69) is 45.1 Å². The van der Waals surface area contributed by atoms with Crippen LogP contribution in [0.3, 0.4) is 0 Å². The van der Waals surface area contributed by atoms with Crippen molar-refractivity contribution in [3.63, 3.8) is 0 Å². The van der Waals surface area contributed by atoms with Crippen molar-refractivity contribution < 1.29 is 28.6 Å². The Morgan fingerprint density at radius 1 is 0.286 bits per heavy atom. The van der Waals surface area contributed by atoms with Crippen molar-refractivity contribution >= 4 is 17.9 Å². The van der Waals surface area contributed by atoms with E-state index in [0.717, 1.165) is 64.2 Å². The van der Waals surface area contributed by atoms with Gasteiger partial charge >= 0.3 is 17.9 Å². The van der Waals surface area contributed by atoms with E-state index in [4.69, 9.17) is 14.2 Å². The molecule has 412 valence electrons. The highest BCUT2D eigenvalue weighted by atomic mass is 16.6. The van der Waals surface area contributed by atoms with Crippen molar-refractivity contribution in [3.05, 3.63) is 24.3 Å². The molecule has 0 radical (unpaired) electrons. The Balaban J connectivity index is 4.18. The van der Waals surface area contributed by atoms with Crippen molar-refractivity contribution in [3.8, 4) is 0 Å². The molecule has 0 saturated carbocycles. The highest BCUT2D eigenvalue weighted by Crippen LogP contribution is 2.18. The molecule has 70 heavy (non-hydrogen) atoms. The lowest BCUT2D eigenvalue weighted by Crippen LogP contribution is -2.30. The predicted molar refractivity (Wildman–Crippen MR) is 303 cm³/mol. The molecule has 0 heterocycles. The number of rotatable bonds is 58. The van der Waals surface area contributed by atoms with Gasteiger partial charge in [-0.25, -0.2) is 0 Å². The van der Waals surface area contributed by atoms with Gasteiger partial charge in [0.05, 0.1) is 0 Å². The van der Waals surface area contributed by atoms with Crippen molar-refractivity contribution in [2.75, 3.05) is 13.2 Å². The second kappa shape index (κ2) is 59.5. The molecule has 1 unspecified atom stereocenters. The van der Waals surface area contributed by atoms with Crippen LogP contribution in [0.5, 0.6) is 0 Å². The quantitative estimate of drug-likeness (QED) is 0.0261. The van der Waals surface area contributed by atoms with Crippen LogP contribution in [0.15, 0.2) is 24.3 Å². The molecule has 0 aliphatic heterocycles. The van der Waals surface area contributed by atoms with Gasteiger partial charge in [-0.05, 0) is 51.4 Å². The van der Waals surface area contributed by atoms with E-state index < -0.39 is 6.10 Å². The van der Waals surface area contributed by atoms with Crippen LogP contribution in [0.25, 0.3) is 0 Å². The van der Waals surface area contributed by atoms with Crippen LogP contribution in [-0.4, -0.2) is 37.2 Å². The first-order chi connectivity index (χ1) is 34.5. The molecule has 0 fully saturated rings. The Morgan fingerprint density at radius 2 is 0.514 bits per heavy atom. The summed E-state index contributed by atoms with van der Waals surface area (Å²) in [6, 6.07) is 0. The summed E-state index contributed by atoms with van der Waals surface area (Å²) in [5.74, 6) is -0.850. The first-order valence-corrected chi connectivity index (χ1v) is 31.3.